The van der Waals surface area contributed by atoms with E-state index in [-0.39, 0.29) is 0 Å². The lowest BCUT2D eigenvalue weighted by Crippen LogP contribution is -2.40. The molecule has 1 saturated heterocycles. The zero-order valence-corrected chi connectivity index (χ0v) is 17.9. The standard InChI is InChI=1S/C23H30N6O/c1-3-28(4-2)14-18-6-5-13-29(15-18)16-22-26-23(27-30-22)20-9-7-19(8-10-20)21-11-12-24-17-25-21/h7-12,17-18H,3-6,13-16H2,1-2H3. The lowest BCUT2D eigenvalue weighted by Gasteiger charge is -2.34. The highest BCUT2D eigenvalue weighted by Crippen LogP contribution is 2.23. The Balaban J connectivity index is 1.37. The van der Waals surface area contributed by atoms with Crippen LogP contribution in [-0.4, -0.2) is 62.6 Å². The number of piperidine rings is 1. The van der Waals surface area contributed by atoms with E-state index >= 15 is 0 Å². The number of nitrogens with zero attached hydrogens (tertiary/aromatic N) is 6. The summed E-state index contributed by atoms with van der Waals surface area (Å²) in [6.07, 6.45) is 5.84. The van der Waals surface area contributed by atoms with Gasteiger partial charge < -0.3 is 9.42 Å². The van der Waals surface area contributed by atoms with Gasteiger partial charge in [-0.15, -0.1) is 0 Å². The van der Waals surface area contributed by atoms with E-state index in [9.17, 15) is 0 Å². The number of hydrogen-bond donors (Lipinski definition) is 0. The molecule has 158 valence electrons. The first-order chi connectivity index (χ1) is 14.7. The van der Waals surface area contributed by atoms with E-state index in [1.54, 1.807) is 12.5 Å². The molecule has 0 saturated carbocycles. The van der Waals surface area contributed by atoms with E-state index in [2.05, 4.69) is 43.8 Å². The number of benzene rings is 1. The molecule has 4 rings (SSSR count). The highest BCUT2D eigenvalue weighted by molar-refractivity contribution is 5.64. The fourth-order valence-corrected chi connectivity index (χ4v) is 4.17. The first kappa shape index (κ1) is 20.6. The lowest BCUT2D eigenvalue weighted by molar-refractivity contribution is 0.121. The maximum atomic E-state index is 5.56. The molecule has 7 nitrogen and oxygen atoms in total. The van der Waals surface area contributed by atoms with Crippen molar-refractivity contribution in [2.24, 2.45) is 5.92 Å². The van der Waals surface area contributed by atoms with Crippen LogP contribution in [0.3, 0.4) is 0 Å². The number of hydrogen-bond acceptors (Lipinski definition) is 7. The second kappa shape index (κ2) is 9.91. The van der Waals surface area contributed by atoms with Gasteiger partial charge in [-0.25, -0.2) is 9.97 Å². The van der Waals surface area contributed by atoms with Crippen molar-refractivity contribution in [3.05, 3.63) is 48.7 Å². The number of rotatable bonds is 8. The van der Waals surface area contributed by atoms with Gasteiger partial charge in [0.2, 0.25) is 11.7 Å². The Bertz CT molecular complexity index is 907. The third-order valence-electron chi connectivity index (χ3n) is 5.86. The molecule has 0 amide bonds. The normalized spacial score (nSPS) is 17.5. The quantitative estimate of drug-likeness (QED) is 0.564. The van der Waals surface area contributed by atoms with E-state index in [0.29, 0.717) is 11.7 Å². The minimum absolute atomic E-state index is 0.635. The summed E-state index contributed by atoms with van der Waals surface area (Å²) in [6.45, 7) is 10.8. The van der Waals surface area contributed by atoms with Gasteiger partial charge in [0.05, 0.1) is 12.2 Å². The highest BCUT2D eigenvalue weighted by Gasteiger charge is 2.23. The maximum Gasteiger partial charge on any atom is 0.241 e. The maximum absolute atomic E-state index is 5.56. The van der Waals surface area contributed by atoms with Gasteiger partial charge in [0.15, 0.2) is 0 Å². The molecule has 1 aliphatic heterocycles. The highest BCUT2D eigenvalue weighted by atomic mass is 16.5. The molecule has 2 aromatic heterocycles. The molecule has 1 unspecified atom stereocenters. The molecule has 7 heteroatoms. The number of likely N-dealkylation sites (tertiary alicyclic amines) is 1. The van der Waals surface area contributed by atoms with Gasteiger partial charge in [-0.2, -0.15) is 4.98 Å². The van der Waals surface area contributed by atoms with Crippen molar-refractivity contribution in [2.75, 3.05) is 32.7 Å². The molecule has 1 aliphatic rings. The van der Waals surface area contributed by atoms with E-state index in [1.807, 2.05) is 30.3 Å². The Kier molecular flexibility index (Phi) is 6.81. The van der Waals surface area contributed by atoms with Crippen LogP contribution in [0.5, 0.6) is 0 Å². The molecule has 1 aromatic carbocycles. The van der Waals surface area contributed by atoms with Crippen LogP contribution in [0, 0.1) is 5.92 Å². The monoisotopic (exact) mass is 406 g/mol. The Morgan fingerprint density at radius 2 is 1.90 bits per heavy atom. The topological polar surface area (TPSA) is 71.2 Å². The fourth-order valence-electron chi connectivity index (χ4n) is 4.17. The first-order valence-corrected chi connectivity index (χ1v) is 10.9. The molecule has 3 heterocycles. The van der Waals surface area contributed by atoms with Crippen LogP contribution in [-0.2, 0) is 6.54 Å². The summed E-state index contributed by atoms with van der Waals surface area (Å²) in [4.78, 5) is 17.9. The van der Waals surface area contributed by atoms with Crippen LogP contribution in [0.15, 0.2) is 47.4 Å². The summed E-state index contributed by atoms with van der Waals surface area (Å²) in [5.74, 6) is 2.04. The van der Waals surface area contributed by atoms with Crippen molar-refractivity contribution in [1.82, 2.24) is 29.9 Å². The number of aromatic nitrogens is 4. The van der Waals surface area contributed by atoms with Gasteiger partial charge in [-0.3, -0.25) is 4.90 Å². The zero-order valence-electron chi connectivity index (χ0n) is 17.9. The Morgan fingerprint density at radius 1 is 1.10 bits per heavy atom. The molecule has 0 spiro atoms. The first-order valence-electron chi connectivity index (χ1n) is 10.9. The minimum Gasteiger partial charge on any atom is -0.338 e. The van der Waals surface area contributed by atoms with Crippen molar-refractivity contribution >= 4 is 0 Å². The summed E-state index contributed by atoms with van der Waals surface area (Å²) in [6, 6.07) is 9.96. The lowest BCUT2D eigenvalue weighted by atomic mass is 9.97. The molecule has 0 aliphatic carbocycles. The fraction of sp³-hybridized carbons (Fsp3) is 0.478. The average Bonchev–Trinajstić information content (AvgIpc) is 3.27. The van der Waals surface area contributed by atoms with Gasteiger partial charge in [0, 0.05) is 30.4 Å². The molecular weight excluding hydrogens is 376 g/mol. The van der Waals surface area contributed by atoms with E-state index in [4.69, 9.17) is 4.52 Å². The predicted molar refractivity (Wildman–Crippen MR) is 117 cm³/mol. The Morgan fingerprint density at radius 3 is 2.63 bits per heavy atom. The van der Waals surface area contributed by atoms with Crippen molar-refractivity contribution in [1.29, 1.82) is 0 Å². The molecule has 0 bridgehead atoms. The smallest absolute Gasteiger partial charge is 0.241 e. The molecule has 1 atom stereocenters. The van der Waals surface area contributed by atoms with Crippen LogP contribution in [0.2, 0.25) is 0 Å². The minimum atomic E-state index is 0.635. The van der Waals surface area contributed by atoms with Crippen molar-refractivity contribution in [3.8, 4) is 22.6 Å². The van der Waals surface area contributed by atoms with Gasteiger partial charge in [0.25, 0.3) is 0 Å². The second-order valence-electron chi connectivity index (χ2n) is 7.91. The molecule has 30 heavy (non-hydrogen) atoms. The summed E-state index contributed by atoms with van der Waals surface area (Å²) < 4.78 is 5.56. The molecular formula is C23H30N6O. The van der Waals surface area contributed by atoms with Gasteiger partial charge >= 0.3 is 0 Å². The Labute approximate surface area is 178 Å². The van der Waals surface area contributed by atoms with Crippen LogP contribution < -0.4 is 0 Å². The summed E-state index contributed by atoms with van der Waals surface area (Å²) in [7, 11) is 0. The van der Waals surface area contributed by atoms with Crippen molar-refractivity contribution < 1.29 is 4.52 Å². The van der Waals surface area contributed by atoms with Gasteiger partial charge in [-0.1, -0.05) is 43.3 Å². The predicted octanol–water partition coefficient (Wildman–Crippen LogP) is 3.75. The Hall–Kier alpha value is -2.64. The molecule has 0 N–H and O–H groups in total. The van der Waals surface area contributed by atoms with Crippen LogP contribution in [0.4, 0.5) is 0 Å². The van der Waals surface area contributed by atoms with Crippen LogP contribution in [0.1, 0.15) is 32.6 Å². The van der Waals surface area contributed by atoms with Crippen LogP contribution in [0.25, 0.3) is 22.6 Å². The summed E-state index contributed by atoms with van der Waals surface area (Å²) in [5, 5.41) is 4.20. The largest absolute Gasteiger partial charge is 0.338 e. The van der Waals surface area contributed by atoms with Crippen molar-refractivity contribution in [3.63, 3.8) is 0 Å². The third-order valence-corrected chi connectivity index (χ3v) is 5.86. The molecule has 0 radical (unpaired) electrons. The van der Waals surface area contributed by atoms with Crippen LogP contribution >= 0.6 is 0 Å². The van der Waals surface area contributed by atoms with Gasteiger partial charge in [-0.05, 0) is 44.5 Å². The summed E-state index contributed by atoms with van der Waals surface area (Å²) >= 11 is 0. The molecule has 1 fully saturated rings. The van der Waals surface area contributed by atoms with Gasteiger partial charge in [0.1, 0.15) is 6.33 Å². The van der Waals surface area contributed by atoms with E-state index in [1.165, 1.54) is 19.4 Å². The third kappa shape index (κ3) is 5.09. The average molecular weight is 407 g/mol. The second-order valence-corrected chi connectivity index (χ2v) is 7.91. The van der Waals surface area contributed by atoms with E-state index in [0.717, 1.165) is 55.5 Å². The summed E-state index contributed by atoms with van der Waals surface area (Å²) in [5.41, 5.74) is 2.88. The SMILES string of the molecule is CCN(CC)CC1CCCN(Cc2nc(-c3ccc(-c4ccncn4)cc3)no2)C1. The molecule has 3 aromatic rings. The zero-order chi connectivity index (χ0) is 20.8. The van der Waals surface area contributed by atoms with E-state index < -0.39 is 0 Å². The van der Waals surface area contributed by atoms with Crippen molar-refractivity contribution in [2.45, 2.75) is 33.2 Å².